The Kier molecular flexibility index (Phi) is 5.45. The molecule has 0 amide bonds. The summed E-state index contributed by atoms with van der Waals surface area (Å²) in [5.41, 5.74) is 0. The van der Waals surface area contributed by atoms with Crippen LogP contribution in [-0.2, 0) is 9.47 Å². The molecule has 0 heterocycles. The van der Waals surface area contributed by atoms with Gasteiger partial charge in [0.2, 0.25) is 0 Å². The van der Waals surface area contributed by atoms with Crippen LogP contribution in [0.4, 0.5) is 0 Å². The predicted octanol–water partition coefficient (Wildman–Crippen LogP) is 1.57. The highest BCUT2D eigenvalue weighted by Crippen LogP contribution is 2.20. The Morgan fingerprint density at radius 2 is 2.00 bits per heavy atom. The summed E-state index contributed by atoms with van der Waals surface area (Å²) in [7, 11) is 3.56. The molecular weight excluding hydrogens is 178 g/mol. The molecule has 0 radical (unpaired) electrons. The van der Waals surface area contributed by atoms with Crippen molar-refractivity contribution in [1.82, 2.24) is 5.32 Å². The summed E-state index contributed by atoms with van der Waals surface area (Å²) < 4.78 is 10.7. The quantitative estimate of drug-likeness (QED) is 0.732. The molecule has 3 nitrogen and oxygen atoms in total. The summed E-state index contributed by atoms with van der Waals surface area (Å²) in [4.78, 5) is 0. The fraction of sp³-hybridized carbons (Fsp3) is 1.00. The van der Waals surface area contributed by atoms with Gasteiger partial charge in [-0.1, -0.05) is 12.8 Å². The van der Waals surface area contributed by atoms with Gasteiger partial charge in [0, 0.05) is 26.8 Å². The van der Waals surface area contributed by atoms with Crippen molar-refractivity contribution >= 4 is 0 Å². The zero-order chi connectivity index (χ0) is 10.4. The van der Waals surface area contributed by atoms with Gasteiger partial charge in [-0.3, -0.25) is 0 Å². The second kappa shape index (κ2) is 6.38. The summed E-state index contributed by atoms with van der Waals surface area (Å²) in [5, 5.41) is 3.52. The lowest BCUT2D eigenvalue weighted by molar-refractivity contribution is 0.0340. The van der Waals surface area contributed by atoms with Crippen molar-refractivity contribution in [2.45, 2.75) is 50.9 Å². The molecule has 0 aliphatic heterocycles. The van der Waals surface area contributed by atoms with E-state index in [1.54, 1.807) is 7.11 Å². The lowest BCUT2D eigenvalue weighted by atomic mass is 9.92. The maximum absolute atomic E-state index is 5.47. The van der Waals surface area contributed by atoms with E-state index < -0.39 is 0 Å². The molecule has 1 fully saturated rings. The average molecular weight is 201 g/mol. The van der Waals surface area contributed by atoms with E-state index in [1.807, 2.05) is 7.11 Å². The smallest absolute Gasteiger partial charge is 0.0724 e. The third kappa shape index (κ3) is 3.56. The minimum Gasteiger partial charge on any atom is -0.380 e. The molecule has 1 saturated carbocycles. The van der Waals surface area contributed by atoms with Crippen LogP contribution in [0.25, 0.3) is 0 Å². The third-order valence-electron chi connectivity index (χ3n) is 3.08. The van der Waals surface area contributed by atoms with Gasteiger partial charge < -0.3 is 14.8 Å². The van der Waals surface area contributed by atoms with Gasteiger partial charge in [0.1, 0.15) is 0 Å². The van der Waals surface area contributed by atoms with Crippen molar-refractivity contribution in [2.75, 3.05) is 20.8 Å². The molecule has 0 bridgehead atoms. The van der Waals surface area contributed by atoms with Crippen LogP contribution in [-0.4, -0.2) is 39.0 Å². The van der Waals surface area contributed by atoms with Gasteiger partial charge in [-0.2, -0.15) is 0 Å². The molecule has 3 heteroatoms. The van der Waals surface area contributed by atoms with Crippen molar-refractivity contribution in [3.8, 4) is 0 Å². The van der Waals surface area contributed by atoms with E-state index in [1.165, 1.54) is 25.7 Å². The number of rotatable bonds is 5. The summed E-state index contributed by atoms with van der Waals surface area (Å²) in [6.45, 7) is 3.00. The highest BCUT2D eigenvalue weighted by molar-refractivity contribution is 4.82. The summed E-state index contributed by atoms with van der Waals surface area (Å²) >= 11 is 0. The Morgan fingerprint density at radius 1 is 1.29 bits per heavy atom. The van der Waals surface area contributed by atoms with Gasteiger partial charge in [-0.05, 0) is 19.8 Å². The monoisotopic (exact) mass is 201 g/mol. The first-order valence-electron chi connectivity index (χ1n) is 5.57. The van der Waals surface area contributed by atoms with Crippen molar-refractivity contribution < 1.29 is 9.47 Å². The average Bonchev–Trinajstić information content (AvgIpc) is 2.26. The molecule has 1 aliphatic rings. The lowest BCUT2D eigenvalue weighted by Gasteiger charge is -2.31. The van der Waals surface area contributed by atoms with E-state index in [9.17, 15) is 0 Å². The first-order chi connectivity index (χ1) is 6.77. The van der Waals surface area contributed by atoms with Crippen LogP contribution < -0.4 is 5.32 Å². The maximum atomic E-state index is 5.47. The molecule has 1 rings (SSSR count). The Hall–Kier alpha value is -0.120. The van der Waals surface area contributed by atoms with Gasteiger partial charge >= 0.3 is 0 Å². The lowest BCUT2D eigenvalue weighted by Crippen LogP contribution is -2.45. The van der Waals surface area contributed by atoms with Crippen LogP contribution >= 0.6 is 0 Å². The molecule has 0 spiro atoms. The number of hydrogen-bond donors (Lipinski definition) is 1. The van der Waals surface area contributed by atoms with Crippen molar-refractivity contribution in [1.29, 1.82) is 0 Å². The van der Waals surface area contributed by atoms with E-state index in [0.717, 1.165) is 6.54 Å². The molecular formula is C11H23NO2. The molecule has 14 heavy (non-hydrogen) atoms. The first-order valence-corrected chi connectivity index (χ1v) is 5.57. The third-order valence-corrected chi connectivity index (χ3v) is 3.08. The van der Waals surface area contributed by atoms with Gasteiger partial charge in [0.15, 0.2) is 0 Å². The van der Waals surface area contributed by atoms with Crippen LogP contribution in [0, 0.1) is 0 Å². The van der Waals surface area contributed by atoms with Crippen LogP contribution in [0.1, 0.15) is 32.6 Å². The van der Waals surface area contributed by atoms with Crippen LogP contribution in [0.3, 0.4) is 0 Å². The highest BCUT2D eigenvalue weighted by Gasteiger charge is 2.24. The minimum absolute atomic E-state index is 0.287. The SMILES string of the molecule is COC(C)CNC1CCCCC1OC. The Morgan fingerprint density at radius 3 is 2.64 bits per heavy atom. The van der Waals surface area contributed by atoms with Gasteiger partial charge in [-0.15, -0.1) is 0 Å². The van der Waals surface area contributed by atoms with Crippen LogP contribution in [0.15, 0.2) is 0 Å². The Bertz CT molecular complexity index is 152. The van der Waals surface area contributed by atoms with E-state index in [0.29, 0.717) is 12.1 Å². The molecule has 1 aliphatic carbocycles. The zero-order valence-electron chi connectivity index (χ0n) is 9.58. The van der Waals surface area contributed by atoms with Gasteiger partial charge in [-0.25, -0.2) is 0 Å². The first kappa shape index (κ1) is 12.0. The maximum Gasteiger partial charge on any atom is 0.0724 e. The summed E-state index contributed by atoms with van der Waals surface area (Å²) in [6.07, 6.45) is 5.72. The molecule has 0 aromatic heterocycles. The largest absolute Gasteiger partial charge is 0.380 e. The number of nitrogens with one attached hydrogen (secondary N) is 1. The van der Waals surface area contributed by atoms with E-state index in [2.05, 4.69) is 12.2 Å². The van der Waals surface area contributed by atoms with E-state index in [4.69, 9.17) is 9.47 Å². The molecule has 0 aromatic rings. The van der Waals surface area contributed by atoms with Crippen molar-refractivity contribution in [2.24, 2.45) is 0 Å². The van der Waals surface area contributed by atoms with Crippen LogP contribution in [0.2, 0.25) is 0 Å². The van der Waals surface area contributed by atoms with Gasteiger partial charge in [0.25, 0.3) is 0 Å². The second-order valence-corrected chi connectivity index (χ2v) is 4.12. The topological polar surface area (TPSA) is 30.5 Å². The fourth-order valence-corrected chi connectivity index (χ4v) is 2.01. The Balaban J connectivity index is 2.26. The molecule has 84 valence electrons. The standard InChI is InChI=1S/C11H23NO2/c1-9(13-2)8-12-10-6-4-5-7-11(10)14-3/h9-12H,4-8H2,1-3H3. The fourth-order valence-electron chi connectivity index (χ4n) is 2.01. The van der Waals surface area contributed by atoms with Crippen molar-refractivity contribution in [3.05, 3.63) is 0 Å². The van der Waals surface area contributed by atoms with E-state index >= 15 is 0 Å². The number of hydrogen-bond acceptors (Lipinski definition) is 3. The molecule has 1 N–H and O–H groups in total. The second-order valence-electron chi connectivity index (χ2n) is 4.12. The summed E-state index contributed by atoms with van der Waals surface area (Å²) in [5.74, 6) is 0. The van der Waals surface area contributed by atoms with Crippen molar-refractivity contribution in [3.63, 3.8) is 0 Å². The highest BCUT2D eigenvalue weighted by atomic mass is 16.5. The van der Waals surface area contributed by atoms with Crippen LogP contribution in [0.5, 0.6) is 0 Å². The Labute approximate surface area is 87.2 Å². The number of ether oxygens (including phenoxy) is 2. The molecule has 0 saturated heterocycles. The van der Waals surface area contributed by atoms with E-state index in [-0.39, 0.29) is 6.10 Å². The zero-order valence-corrected chi connectivity index (χ0v) is 9.58. The molecule has 0 aromatic carbocycles. The molecule has 3 unspecified atom stereocenters. The predicted molar refractivity (Wildman–Crippen MR) is 57.5 cm³/mol. The minimum atomic E-state index is 0.287. The summed E-state index contributed by atoms with van der Waals surface area (Å²) in [6, 6.07) is 0.520. The van der Waals surface area contributed by atoms with Gasteiger partial charge in [0.05, 0.1) is 12.2 Å². The number of methoxy groups -OCH3 is 2. The normalized spacial score (nSPS) is 30.2. The molecule has 3 atom stereocenters.